The predicted octanol–water partition coefficient (Wildman–Crippen LogP) is 0.759. The molecule has 0 aliphatic rings. The third-order valence-electron chi connectivity index (χ3n) is 0.915. The number of hydrogen-bond donors (Lipinski definition) is 2. The van der Waals surface area contributed by atoms with Gasteiger partial charge in [-0.15, -0.1) is 11.3 Å². The standard InChI is InChI=1S/C5H6BrNO2S/c6-5-7-3(2-10-5)1-4(8)9/h2,4,8-9H,1H2. The Labute approximate surface area is 70.5 Å². The molecule has 0 spiro atoms. The number of thiazole rings is 1. The lowest BCUT2D eigenvalue weighted by atomic mass is 10.3. The first-order valence-electron chi connectivity index (χ1n) is 2.64. The van der Waals surface area contributed by atoms with Crippen LogP contribution in [0.5, 0.6) is 0 Å². The largest absolute Gasteiger partial charge is 0.368 e. The molecule has 0 unspecified atom stereocenters. The zero-order valence-electron chi connectivity index (χ0n) is 4.99. The molecule has 56 valence electrons. The summed E-state index contributed by atoms with van der Waals surface area (Å²) in [6.07, 6.45) is -1.10. The maximum Gasteiger partial charge on any atom is 0.159 e. The first-order chi connectivity index (χ1) is 4.68. The van der Waals surface area contributed by atoms with E-state index in [-0.39, 0.29) is 6.42 Å². The monoisotopic (exact) mass is 223 g/mol. The molecule has 0 amide bonds. The predicted molar refractivity (Wildman–Crippen MR) is 41.7 cm³/mol. The van der Waals surface area contributed by atoms with Crippen molar-refractivity contribution in [1.82, 2.24) is 4.98 Å². The highest BCUT2D eigenvalue weighted by atomic mass is 79.9. The Morgan fingerprint density at radius 3 is 2.80 bits per heavy atom. The molecule has 0 aliphatic carbocycles. The number of nitrogens with zero attached hydrogens (tertiary/aromatic N) is 1. The van der Waals surface area contributed by atoms with Gasteiger partial charge < -0.3 is 10.2 Å². The molecule has 1 rings (SSSR count). The van der Waals surface area contributed by atoms with Gasteiger partial charge in [-0.2, -0.15) is 0 Å². The highest BCUT2D eigenvalue weighted by molar-refractivity contribution is 9.11. The summed E-state index contributed by atoms with van der Waals surface area (Å²) in [6, 6.07) is 0. The molecule has 3 nitrogen and oxygen atoms in total. The summed E-state index contributed by atoms with van der Waals surface area (Å²) in [5.41, 5.74) is 0.701. The second kappa shape index (κ2) is 3.43. The zero-order valence-corrected chi connectivity index (χ0v) is 7.39. The van der Waals surface area contributed by atoms with Crippen molar-refractivity contribution < 1.29 is 10.2 Å². The van der Waals surface area contributed by atoms with Gasteiger partial charge in [-0.25, -0.2) is 4.98 Å². The average molecular weight is 224 g/mol. The topological polar surface area (TPSA) is 53.4 Å². The van der Waals surface area contributed by atoms with E-state index in [4.69, 9.17) is 10.2 Å². The molecule has 1 heterocycles. The van der Waals surface area contributed by atoms with Gasteiger partial charge in [0, 0.05) is 11.8 Å². The first kappa shape index (κ1) is 8.13. The fourth-order valence-electron chi connectivity index (χ4n) is 0.563. The van der Waals surface area contributed by atoms with Crippen LogP contribution in [0.1, 0.15) is 5.69 Å². The minimum Gasteiger partial charge on any atom is -0.368 e. The van der Waals surface area contributed by atoms with Crippen molar-refractivity contribution in [1.29, 1.82) is 0 Å². The van der Waals surface area contributed by atoms with Crippen molar-refractivity contribution in [2.75, 3.05) is 0 Å². The number of aliphatic hydroxyl groups is 2. The van der Waals surface area contributed by atoms with Gasteiger partial charge in [0.25, 0.3) is 0 Å². The molecule has 0 aliphatic heterocycles. The van der Waals surface area contributed by atoms with Crippen LogP contribution in [0.4, 0.5) is 0 Å². The van der Waals surface area contributed by atoms with E-state index in [2.05, 4.69) is 20.9 Å². The van der Waals surface area contributed by atoms with Gasteiger partial charge in [0.2, 0.25) is 0 Å². The molecule has 1 aromatic heterocycles. The molecular formula is C5H6BrNO2S. The van der Waals surface area contributed by atoms with Gasteiger partial charge in [0.15, 0.2) is 10.2 Å². The second-order valence-electron chi connectivity index (χ2n) is 1.78. The Morgan fingerprint density at radius 1 is 1.70 bits per heavy atom. The smallest absolute Gasteiger partial charge is 0.159 e. The molecule has 2 N–H and O–H groups in total. The lowest BCUT2D eigenvalue weighted by molar-refractivity contribution is -0.0387. The van der Waals surface area contributed by atoms with Crippen molar-refractivity contribution in [3.05, 3.63) is 15.0 Å². The molecule has 0 radical (unpaired) electrons. The summed E-state index contributed by atoms with van der Waals surface area (Å²) in [6.45, 7) is 0. The summed E-state index contributed by atoms with van der Waals surface area (Å²) in [5.74, 6) is 0. The van der Waals surface area contributed by atoms with Gasteiger partial charge in [-0.1, -0.05) is 0 Å². The highest BCUT2D eigenvalue weighted by Crippen LogP contribution is 2.16. The SMILES string of the molecule is OC(O)Cc1csc(Br)n1. The average Bonchev–Trinajstić information content (AvgIpc) is 2.13. The van der Waals surface area contributed by atoms with E-state index < -0.39 is 6.29 Å². The van der Waals surface area contributed by atoms with E-state index in [1.54, 1.807) is 5.38 Å². The Morgan fingerprint density at radius 2 is 2.40 bits per heavy atom. The fourth-order valence-corrected chi connectivity index (χ4v) is 1.62. The van der Waals surface area contributed by atoms with E-state index in [1.807, 2.05) is 0 Å². The molecular weight excluding hydrogens is 218 g/mol. The van der Waals surface area contributed by atoms with Crippen molar-refractivity contribution >= 4 is 27.3 Å². The van der Waals surface area contributed by atoms with E-state index in [0.29, 0.717) is 5.69 Å². The number of halogens is 1. The van der Waals surface area contributed by atoms with Crippen LogP contribution < -0.4 is 0 Å². The van der Waals surface area contributed by atoms with Gasteiger partial charge in [0.1, 0.15) is 0 Å². The quantitative estimate of drug-likeness (QED) is 0.729. The van der Waals surface area contributed by atoms with E-state index in [1.165, 1.54) is 11.3 Å². The van der Waals surface area contributed by atoms with Crippen LogP contribution in [0.3, 0.4) is 0 Å². The number of aliphatic hydroxyl groups excluding tert-OH is 1. The van der Waals surface area contributed by atoms with Crippen molar-refractivity contribution in [3.63, 3.8) is 0 Å². The fraction of sp³-hybridized carbons (Fsp3) is 0.400. The number of aromatic nitrogens is 1. The molecule has 1 aromatic rings. The van der Waals surface area contributed by atoms with Crippen molar-refractivity contribution in [2.45, 2.75) is 12.7 Å². The van der Waals surface area contributed by atoms with Crippen LogP contribution in [0.25, 0.3) is 0 Å². The lowest BCUT2D eigenvalue weighted by Crippen LogP contribution is -2.08. The summed E-state index contributed by atoms with van der Waals surface area (Å²) in [5, 5.41) is 18.8. The maximum absolute atomic E-state index is 8.52. The maximum atomic E-state index is 8.52. The zero-order chi connectivity index (χ0) is 7.56. The number of rotatable bonds is 2. The Hall–Kier alpha value is 0.0300. The molecule has 0 fully saturated rings. The normalized spacial score (nSPS) is 10.8. The van der Waals surface area contributed by atoms with Crippen molar-refractivity contribution in [2.24, 2.45) is 0 Å². The van der Waals surface area contributed by atoms with E-state index in [9.17, 15) is 0 Å². The number of hydrogen-bond acceptors (Lipinski definition) is 4. The van der Waals surface area contributed by atoms with Crippen LogP contribution in [0, 0.1) is 0 Å². The molecule has 0 saturated heterocycles. The minimum atomic E-state index is -1.30. The van der Waals surface area contributed by atoms with Crippen molar-refractivity contribution in [3.8, 4) is 0 Å². The summed E-state index contributed by atoms with van der Waals surface area (Å²) in [4.78, 5) is 3.97. The van der Waals surface area contributed by atoms with Gasteiger partial charge in [-0.3, -0.25) is 0 Å². The molecule has 0 atom stereocenters. The molecule has 0 aromatic carbocycles. The van der Waals surface area contributed by atoms with Crippen LogP contribution in [-0.2, 0) is 6.42 Å². The van der Waals surface area contributed by atoms with Crippen LogP contribution in [0.15, 0.2) is 9.30 Å². The second-order valence-corrected chi connectivity index (χ2v) is 3.91. The lowest BCUT2D eigenvalue weighted by Gasteiger charge is -1.96. The molecule has 10 heavy (non-hydrogen) atoms. The summed E-state index contributed by atoms with van der Waals surface area (Å²) in [7, 11) is 0. The summed E-state index contributed by atoms with van der Waals surface area (Å²) >= 11 is 4.60. The molecule has 5 heteroatoms. The van der Waals surface area contributed by atoms with Crippen LogP contribution in [-0.4, -0.2) is 21.5 Å². The third kappa shape index (κ3) is 2.34. The molecule has 0 saturated carbocycles. The molecule has 0 bridgehead atoms. The highest BCUT2D eigenvalue weighted by Gasteiger charge is 2.03. The van der Waals surface area contributed by atoms with Crippen LogP contribution in [0.2, 0.25) is 0 Å². The summed E-state index contributed by atoms with van der Waals surface area (Å²) < 4.78 is 0.767. The van der Waals surface area contributed by atoms with Gasteiger partial charge in [-0.05, 0) is 15.9 Å². The first-order valence-corrected chi connectivity index (χ1v) is 4.32. The van der Waals surface area contributed by atoms with Gasteiger partial charge in [0.05, 0.1) is 5.69 Å². The van der Waals surface area contributed by atoms with E-state index >= 15 is 0 Å². The third-order valence-corrected chi connectivity index (χ3v) is 2.33. The Bertz CT molecular complexity index is 213. The van der Waals surface area contributed by atoms with E-state index in [0.717, 1.165) is 3.92 Å². The minimum absolute atomic E-state index is 0.197. The Balaban J connectivity index is 2.58. The Kier molecular flexibility index (Phi) is 2.79. The van der Waals surface area contributed by atoms with Gasteiger partial charge >= 0.3 is 0 Å². The van der Waals surface area contributed by atoms with Crippen LogP contribution >= 0.6 is 27.3 Å².